The van der Waals surface area contributed by atoms with Crippen molar-refractivity contribution in [2.24, 2.45) is 0 Å². The van der Waals surface area contributed by atoms with Crippen LogP contribution in [0.4, 0.5) is 0 Å². The van der Waals surface area contributed by atoms with E-state index in [1.165, 1.54) is 75.4 Å². The minimum Gasteiger partial charge on any atom is -0.278 e. The molecule has 3 heterocycles. The van der Waals surface area contributed by atoms with E-state index in [1.54, 1.807) is 0 Å². The molecule has 3 heteroatoms. The number of fused-ring (bicyclic) bond motifs is 18. The summed E-state index contributed by atoms with van der Waals surface area (Å²) in [5.74, 6) is 0.855. The average molecular weight is 724 g/mol. The van der Waals surface area contributed by atoms with Gasteiger partial charge in [-0.15, -0.1) is 0 Å². The van der Waals surface area contributed by atoms with Crippen LogP contribution in [-0.2, 0) is 0 Å². The average Bonchev–Trinajstić information content (AvgIpc) is 3.62. The molecule has 0 spiro atoms. The monoisotopic (exact) mass is 723 g/mol. The molecule has 12 aromatic rings. The second-order valence-electron chi connectivity index (χ2n) is 14.9. The zero-order valence-corrected chi connectivity index (χ0v) is 30.9. The Morgan fingerprint density at radius 2 is 0.684 bits per heavy atom. The summed E-state index contributed by atoms with van der Waals surface area (Å²) in [6, 6.07) is 68.9. The van der Waals surface area contributed by atoms with Gasteiger partial charge in [-0.3, -0.25) is 4.57 Å². The van der Waals surface area contributed by atoms with Gasteiger partial charge in [0.15, 0.2) is 0 Å². The third-order valence-electron chi connectivity index (χ3n) is 11.9. The second-order valence-corrected chi connectivity index (χ2v) is 14.9. The molecule has 0 aliphatic carbocycles. The van der Waals surface area contributed by atoms with Crippen LogP contribution in [0.15, 0.2) is 200 Å². The van der Waals surface area contributed by atoms with Gasteiger partial charge >= 0.3 is 0 Å². The second kappa shape index (κ2) is 12.5. The molecule has 0 bridgehead atoms. The summed E-state index contributed by atoms with van der Waals surface area (Å²) in [6.07, 6.45) is 3.70. The van der Waals surface area contributed by atoms with Crippen molar-refractivity contribution in [3.8, 4) is 16.9 Å². The Morgan fingerprint density at radius 3 is 1.21 bits per heavy atom. The molecule has 0 N–H and O–H groups in total. The van der Waals surface area contributed by atoms with Gasteiger partial charge in [-0.05, 0) is 129 Å². The van der Waals surface area contributed by atoms with Gasteiger partial charge in [-0.2, -0.15) is 0 Å². The van der Waals surface area contributed by atoms with E-state index in [9.17, 15) is 0 Å². The van der Waals surface area contributed by atoms with Crippen LogP contribution in [0.25, 0.3) is 114 Å². The van der Waals surface area contributed by atoms with Crippen LogP contribution in [0.1, 0.15) is 0 Å². The van der Waals surface area contributed by atoms with Crippen LogP contribution in [0.5, 0.6) is 0 Å². The molecule has 0 atom stereocenters. The highest BCUT2D eigenvalue weighted by atomic mass is 15.1. The number of rotatable bonds is 2. The number of benzene rings is 8. The summed E-state index contributed by atoms with van der Waals surface area (Å²) in [6.45, 7) is 0. The SMILES string of the molecule is c1ccc(-n2c3ccc(-c4ccc5c6ccccc6c6ccccc6c6ccccc6c6c7ccccc7c7ccccc7c6c5c4)cc3c3cccnc32)nc1. The standard InChI is InChI=1S/C54H33N3/c1-3-16-38-36(14-1)37-15-2-4-17-39(37)43-28-26-34(35-27-29-50-48(32-35)47-24-13-31-56-54(47)57(50)51-25-11-12-30-55-51)33-49(43)53-46-23-10-7-20-42(46)41-19-6-9-22-45(41)52(53)44-21-8-5-18-40(38)44/h1-33H. The molecule has 0 aliphatic heterocycles. The van der Waals surface area contributed by atoms with E-state index in [2.05, 4.69) is 168 Å². The summed E-state index contributed by atoms with van der Waals surface area (Å²) in [7, 11) is 0. The first-order valence-electron chi connectivity index (χ1n) is 19.5. The van der Waals surface area contributed by atoms with Crippen molar-refractivity contribution in [2.45, 2.75) is 0 Å². The number of hydrogen-bond donors (Lipinski definition) is 0. The van der Waals surface area contributed by atoms with Gasteiger partial charge in [0.05, 0.1) is 5.52 Å². The van der Waals surface area contributed by atoms with E-state index < -0.39 is 0 Å². The molecule has 12 rings (SSSR count). The van der Waals surface area contributed by atoms with Crippen LogP contribution in [-0.4, -0.2) is 14.5 Å². The molecular formula is C54H33N3. The third-order valence-corrected chi connectivity index (χ3v) is 11.9. The molecule has 57 heavy (non-hydrogen) atoms. The Bertz CT molecular complexity index is 3690. The minimum atomic E-state index is 0.855. The maximum Gasteiger partial charge on any atom is 0.146 e. The Morgan fingerprint density at radius 1 is 0.281 bits per heavy atom. The van der Waals surface area contributed by atoms with Gasteiger partial charge in [0.25, 0.3) is 0 Å². The van der Waals surface area contributed by atoms with Crippen molar-refractivity contribution in [1.29, 1.82) is 0 Å². The third kappa shape index (κ3) is 4.73. The van der Waals surface area contributed by atoms with Crippen molar-refractivity contribution in [3.05, 3.63) is 200 Å². The molecule has 0 saturated heterocycles. The van der Waals surface area contributed by atoms with Crippen LogP contribution in [0.2, 0.25) is 0 Å². The summed E-state index contributed by atoms with van der Waals surface area (Å²) in [5, 5.41) is 19.5. The topological polar surface area (TPSA) is 30.7 Å². The van der Waals surface area contributed by atoms with E-state index in [4.69, 9.17) is 9.97 Å². The van der Waals surface area contributed by atoms with Gasteiger partial charge in [0.2, 0.25) is 0 Å². The van der Waals surface area contributed by atoms with Crippen molar-refractivity contribution in [3.63, 3.8) is 0 Å². The predicted molar refractivity (Wildman–Crippen MR) is 242 cm³/mol. The van der Waals surface area contributed by atoms with Crippen molar-refractivity contribution in [1.82, 2.24) is 14.5 Å². The molecule has 0 unspecified atom stereocenters. The van der Waals surface area contributed by atoms with E-state index in [-0.39, 0.29) is 0 Å². The zero-order valence-electron chi connectivity index (χ0n) is 30.9. The highest BCUT2D eigenvalue weighted by Gasteiger charge is 2.17. The van der Waals surface area contributed by atoms with Crippen molar-refractivity contribution >= 4 is 97.3 Å². The van der Waals surface area contributed by atoms with Crippen LogP contribution >= 0.6 is 0 Å². The van der Waals surface area contributed by atoms with E-state index >= 15 is 0 Å². The zero-order chi connectivity index (χ0) is 37.5. The highest BCUT2D eigenvalue weighted by molar-refractivity contribution is 6.38. The maximum absolute atomic E-state index is 4.85. The molecule has 3 aromatic heterocycles. The smallest absolute Gasteiger partial charge is 0.146 e. The molecular weight excluding hydrogens is 691 g/mol. The van der Waals surface area contributed by atoms with Crippen LogP contribution in [0, 0.1) is 0 Å². The minimum absolute atomic E-state index is 0.855. The molecule has 9 aromatic carbocycles. The first kappa shape index (κ1) is 31.7. The quantitative estimate of drug-likeness (QED) is 0.166. The normalized spacial score (nSPS) is 11.9. The fraction of sp³-hybridized carbons (Fsp3) is 0. The van der Waals surface area contributed by atoms with Crippen LogP contribution < -0.4 is 0 Å². The van der Waals surface area contributed by atoms with Gasteiger partial charge in [-0.1, -0.05) is 146 Å². The molecule has 0 aliphatic rings. The molecule has 0 radical (unpaired) electrons. The van der Waals surface area contributed by atoms with E-state index in [0.717, 1.165) is 38.9 Å². The first-order chi connectivity index (χ1) is 28.3. The fourth-order valence-electron chi connectivity index (χ4n) is 9.45. The number of hydrogen-bond acceptors (Lipinski definition) is 2. The Balaban J connectivity index is 1.31. The predicted octanol–water partition coefficient (Wildman–Crippen LogP) is 14.4. The lowest BCUT2D eigenvalue weighted by molar-refractivity contribution is 1.06. The lowest BCUT2D eigenvalue weighted by atomic mass is 9.88. The molecule has 3 nitrogen and oxygen atoms in total. The molecule has 0 amide bonds. The lowest BCUT2D eigenvalue weighted by Crippen LogP contribution is -1.97. The Labute approximate surface area is 328 Å². The van der Waals surface area contributed by atoms with Gasteiger partial charge in [-0.25, -0.2) is 9.97 Å². The summed E-state index contributed by atoms with van der Waals surface area (Å²) in [4.78, 5) is 9.57. The van der Waals surface area contributed by atoms with E-state index in [1.807, 2.05) is 36.7 Å². The Hall–Kier alpha value is -7.62. The molecule has 264 valence electrons. The number of nitrogens with zero attached hydrogens (tertiary/aromatic N) is 3. The summed E-state index contributed by atoms with van der Waals surface area (Å²) < 4.78 is 2.17. The van der Waals surface area contributed by atoms with Gasteiger partial charge < -0.3 is 0 Å². The summed E-state index contributed by atoms with van der Waals surface area (Å²) >= 11 is 0. The number of pyridine rings is 2. The first-order valence-corrected chi connectivity index (χ1v) is 19.5. The van der Waals surface area contributed by atoms with Crippen molar-refractivity contribution in [2.75, 3.05) is 0 Å². The van der Waals surface area contributed by atoms with Crippen LogP contribution in [0.3, 0.4) is 0 Å². The van der Waals surface area contributed by atoms with Gasteiger partial charge in [0, 0.05) is 23.2 Å². The molecule has 0 fully saturated rings. The Kier molecular flexibility index (Phi) is 6.93. The summed E-state index contributed by atoms with van der Waals surface area (Å²) in [5.41, 5.74) is 4.29. The number of aromatic nitrogens is 3. The van der Waals surface area contributed by atoms with Crippen molar-refractivity contribution < 1.29 is 0 Å². The largest absolute Gasteiger partial charge is 0.278 e. The van der Waals surface area contributed by atoms with E-state index in [0.29, 0.717) is 0 Å². The molecule has 0 saturated carbocycles. The van der Waals surface area contributed by atoms with Gasteiger partial charge in [0.1, 0.15) is 11.5 Å². The fourth-order valence-corrected chi connectivity index (χ4v) is 9.45. The lowest BCUT2D eigenvalue weighted by Gasteiger charge is -2.15. The highest BCUT2D eigenvalue weighted by Crippen LogP contribution is 2.44. The maximum atomic E-state index is 4.85.